The van der Waals surface area contributed by atoms with E-state index in [9.17, 15) is 19.5 Å². The van der Waals surface area contributed by atoms with E-state index in [4.69, 9.17) is 31.5 Å². The van der Waals surface area contributed by atoms with Crippen molar-refractivity contribution in [3.05, 3.63) is 41.4 Å². The van der Waals surface area contributed by atoms with E-state index in [1.54, 1.807) is 28.0 Å². The number of piperazine rings is 1. The summed E-state index contributed by atoms with van der Waals surface area (Å²) in [5, 5.41) is 16.9. The maximum Gasteiger partial charge on any atom is 0.410 e. The maximum atomic E-state index is 12.9. The summed E-state index contributed by atoms with van der Waals surface area (Å²) >= 11 is 6.28. The number of carbonyl (C=O) groups is 3. The quantitative estimate of drug-likeness (QED) is 0.267. The number of nitrogens with two attached hydrogens (primary N) is 1. The number of aliphatic hydroxyl groups is 1. The van der Waals surface area contributed by atoms with Gasteiger partial charge in [0, 0.05) is 50.4 Å². The molecule has 4 heterocycles. The number of ether oxygens (including phenoxy) is 3. The van der Waals surface area contributed by atoms with Crippen molar-refractivity contribution in [2.45, 2.75) is 57.4 Å². The molecule has 4 atom stereocenters. The molecule has 16 nitrogen and oxygen atoms in total. The van der Waals surface area contributed by atoms with E-state index in [0.717, 1.165) is 0 Å². The van der Waals surface area contributed by atoms with Crippen LogP contribution < -0.4 is 21.1 Å². The Hall–Kier alpha value is -4.25. The molecule has 0 spiro atoms. The minimum absolute atomic E-state index is 0.202. The number of benzene rings is 1. The van der Waals surface area contributed by atoms with Gasteiger partial charge < -0.3 is 45.5 Å². The van der Waals surface area contributed by atoms with Crippen molar-refractivity contribution >= 4 is 46.5 Å². The molecule has 2 aliphatic heterocycles. The SMILES string of the molecule is CNC(=O)[C@H]1O[C@@H](n2cnc3c(NCc4cc(Cl)ccc4OCC(=O)N4CCN(C(=O)OC(C)(C)C)CC4)ncnc32)[C@H](O)[C@@H]1N. The van der Waals surface area contributed by atoms with Gasteiger partial charge in [0.1, 0.15) is 23.8 Å². The Morgan fingerprint density at radius 1 is 1.13 bits per heavy atom. The second-order valence-electron chi connectivity index (χ2n) is 11.9. The monoisotopic (exact) mass is 659 g/mol. The minimum Gasteiger partial charge on any atom is -0.483 e. The molecule has 1 aromatic carbocycles. The van der Waals surface area contributed by atoms with Crippen molar-refractivity contribution in [3.8, 4) is 5.75 Å². The molecule has 2 aliphatic rings. The van der Waals surface area contributed by atoms with Crippen LogP contribution in [0.5, 0.6) is 5.75 Å². The van der Waals surface area contributed by atoms with Crippen molar-refractivity contribution in [2.24, 2.45) is 5.73 Å². The van der Waals surface area contributed by atoms with Gasteiger partial charge in [0.2, 0.25) is 0 Å². The molecule has 2 aromatic heterocycles. The molecule has 0 radical (unpaired) electrons. The molecule has 0 saturated carbocycles. The van der Waals surface area contributed by atoms with Gasteiger partial charge in [-0.15, -0.1) is 0 Å². The summed E-state index contributed by atoms with van der Waals surface area (Å²) in [6, 6.07) is 4.12. The number of nitrogens with zero attached hydrogens (tertiary/aromatic N) is 6. The van der Waals surface area contributed by atoms with Crippen molar-refractivity contribution in [1.82, 2.24) is 34.6 Å². The Kier molecular flexibility index (Phi) is 9.81. The van der Waals surface area contributed by atoms with E-state index < -0.39 is 42.1 Å². The molecule has 0 bridgehead atoms. The van der Waals surface area contributed by atoms with Crippen molar-refractivity contribution in [3.63, 3.8) is 0 Å². The van der Waals surface area contributed by atoms with Gasteiger partial charge >= 0.3 is 6.09 Å². The predicted octanol–water partition coefficient (Wildman–Crippen LogP) is 0.882. The number of imidazole rings is 1. The third-order valence-corrected chi connectivity index (χ3v) is 7.80. The highest BCUT2D eigenvalue weighted by Crippen LogP contribution is 2.32. The molecular weight excluding hydrogens is 622 g/mol. The summed E-state index contributed by atoms with van der Waals surface area (Å²) in [6.07, 6.45) is -0.854. The topological polar surface area (TPSA) is 199 Å². The highest BCUT2D eigenvalue weighted by Gasteiger charge is 2.46. The van der Waals surface area contributed by atoms with E-state index in [1.165, 1.54) is 24.3 Å². The highest BCUT2D eigenvalue weighted by molar-refractivity contribution is 6.30. The average molecular weight is 660 g/mol. The standard InChI is InChI=1S/C29H38ClN9O7/c1-29(2,3)46-28(43)38-9-7-37(8-10-38)19(40)13-44-18-6-5-17(30)11-16(18)12-33-24-21-25(35-14-34-24)39(15-36-21)27-22(41)20(31)23(45-27)26(42)32-4/h5-6,11,14-15,20,22-23,27,41H,7-10,12-13,31H2,1-4H3,(H,32,42)(H,33,34,35)/t20-,22+,23-,27+/m0/s1. The molecule has 0 aliphatic carbocycles. The first-order valence-corrected chi connectivity index (χ1v) is 15.1. The van der Waals surface area contributed by atoms with E-state index in [-0.39, 0.29) is 19.1 Å². The first kappa shape index (κ1) is 33.1. The van der Waals surface area contributed by atoms with Crippen LogP contribution in [0.3, 0.4) is 0 Å². The van der Waals surface area contributed by atoms with Crippen molar-refractivity contribution in [1.29, 1.82) is 0 Å². The minimum atomic E-state index is -1.19. The summed E-state index contributed by atoms with van der Waals surface area (Å²) in [7, 11) is 1.46. The number of hydrogen-bond donors (Lipinski definition) is 4. The summed E-state index contributed by atoms with van der Waals surface area (Å²) in [6.45, 7) is 6.92. The summed E-state index contributed by atoms with van der Waals surface area (Å²) in [5.41, 5.74) is 6.86. The van der Waals surface area contributed by atoms with E-state index in [2.05, 4.69) is 25.6 Å². The Morgan fingerprint density at radius 2 is 1.85 bits per heavy atom. The number of aromatic nitrogens is 4. The van der Waals surface area contributed by atoms with Crippen LogP contribution in [0.4, 0.5) is 10.6 Å². The van der Waals surface area contributed by atoms with Crippen LogP contribution in [0.2, 0.25) is 5.02 Å². The Bertz CT molecular complexity index is 1590. The zero-order valence-electron chi connectivity index (χ0n) is 26.0. The van der Waals surface area contributed by atoms with Gasteiger partial charge in [-0.1, -0.05) is 11.6 Å². The van der Waals surface area contributed by atoms with Crippen LogP contribution in [0.15, 0.2) is 30.9 Å². The molecular formula is C29H38ClN9O7. The largest absolute Gasteiger partial charge is 0.483 e. The molecule has 0 unspecified atom stereocenters. The third kappa shape index (κ3) is 7.25. The van der Waals surface area contributed by atoms with Gasteiger partial charge in [-0.3, -0.25) is 14.2 Å². The van der Waals surface area contributed by atoms with Crippen LogP contribution in [-0.4, -0.2) is 116 Å². The summed E-state index contributed by atoms with van der Waals surface area (Å²) in [5.74, 6) is 0.173. The van der Waals surface area contributed by atoms with Crippen LogP contribution in [0, 0.1) is 0 Å². The van der Waals surface area contributed by atoms with E-state index in [0.29, 0.717) is 59.5 Å². The lowest BCUT2D eigenvalue weighted by Crippen LogP contribution is -2.52. The lowest BCUT2D eigenvalue weighted by molar-refractivity contribution is -0.135. The number of hydrogen-bond acceptors (Lipinski definition) is 12. The number of carbonyl (C=O) groups excluding carboxylic acids is 3. The first-order valence-electron chi connectivity index (χ1n) is 14.8. The van der Waals surface area contributed by atoms with Gasteiger partial charge in [0.15, 0.2) is 35.9 Å². The van der Waals surface area contributed by atoms with Crippen LogP contribution >= 0.6 is 11.6 Å². The number of halogens is 1. The number of aliphatic hydroxyl groups excluding tert-OH is 1. The molecule has 2 fully saturated rings. The van der Waals surface area contributed by atoms with Crippen molar-refractivity contribution in [2.75, 3.05) is 45.2 Å². The Labute approximate surface area is 270 Å². The normalized spacial score (nSPS) is 21.7. The maximum absolute atomic E-state index is 12.9. The fourth-order valence-electron chi connectivity index (χ4n) is 5.17. The number of rotatable bonds is 8. The van der Waals surface area contributed by atoms with Crippen LogP contribution in [0.25, 0.3) is 11.2 Å². The van der Waals surface area contributed by atoms with Gasteiger partial charge in [-0.05, 0) is 39.0 Å². The smallest absolute Gasteiger partial charge is 0.410 e. The second kappa shape index (κ2) is 13.6. The molecule has 3 aromatic rings. The molecule has 248 valence electrons. The Balaban J connectivity index is 1.22. The average Bonchev–Trinajstić information content (AvgIpc) is 3.58. The number of fused-ring (bicyclic) bond motifs is 1. The third-order valence-electron chi connectivity index (χ3n) is 7.56. The van der Waals surface area contributed by atoms with Crippen molar-refractivity contribution < 1.29 is 33.7 Å². The summed E-state index contributed by atoms with van der Waals surface area (Å²) in [4.78, 5) is 53.7. The number of nitrogens with one attached hydrogen (secondary N) is 2. The Morgan fingerprint density at radius 3 is 2.54 bits per heavy atom. The second-order valence-corrected chi connectivity index (χ2v) is 12.4. The lowest BCUT2D eigenvalue weighted by Gasteiger charge is -2.35. The fourth-order valence-corrected chi connectivity index (χ4v) is 5.36. The van der Waals surface area contributed by atoms with Gasteiger partial charge in [0.25, 0.3) is 11.8 Å². The highest BCUT2D eigenvalue weighted by atomic mass is 35.5. The summed E-state index contributed by atoms with van der Waals surface area (Å²) < 4.78 is 18.6. The lowest BCUT2D eigenvalue weighted by atomic mass is 10.1. The fraction of sp³-hybridized carbons (Fsp3) is 0.517. The molecule has 3 amide bonds. The zero-order chi connectivity index (χ0) is 33.2. The van der Waals surface area contributed by atoms with E-state index >= 15 is 0 Å². The zero-order valence-corrected chi connectivity index (χ0v) is 26.7. The molecule has 17 heteroatoms. The van der Waals surface area contributed by atoms with Crippen LogP contribution in [-0.2, 0) is 25.6 Å². The molecule has 5 N–H and O–H groups in total. The van der Waals surface area contributed by atoms with Crippen LogP contribution in [0.1, 0.15) is 32.6 Å². The number of likely N-dealkylation sites (N-methyl/N-ethyl adjacent to an activating group) is 1. The van der Waals surface area contributed by atoms with E-state index in [1.807, 2.05) is 20.8 Å². The number of amides is 3. The molecule has 46 heavy (non-hydrogen) atoms. The predicted molar refractivity (Wildman–Crippen MR) is 166 cm³/mol. The van der Waals surface area contributed by atoms with Gasteiger partial charge in [-0.2, -0.15) is 0 Å². The molecule has 2 saturated heterocycles. The molecule has 5 rings (SSSR count). The number of anilines is 1. The first-order chi connectivity index (χ1) is 21.9. The van der Waals surface area contributed by atoms with Gasteiger partial charge in [-0.25, -0.2) is 19.7 Å². The van der Waals surface area contributed by atoms with Gasteiger partial charge in [0.05, 0.1) is 12.4 Å².